The van der Waals surface area contributed by atoms with Crippen molar-refractivity contribution in [2.75, 3.05) is 0 Å². The Kier molecular flexibility index (Phi) is 6.85. The summed E-state index contributed by atoms with van der Waals surface area (Å²) in [6.07, 6.45) is 0.248. The Morgan fingerprint density at radius 3 is 2.03 bits per heavy atom. The van der Waals surface area contributed by atoms with Gasteiger partial charge in [-0.25, -0.2) is 4.79 Å². The van der Waals surface area contributed by atoms with E-state index in [1.165, 1.54) is 0 Å². The van der Waals surface area contributed by atoms with Crippen molar-refractivity contribution in [1.29, 1.82) is 0 Å². The van der Waals surface area contributed by atoms with Gasteiger partial charge in [0.15, 0.2) is 0 Å². The molecule has 1 aliphatic rings. The molecule has 4 atom stereocenters. The fourth-order valence-electron chi connectivity index (χ4n) is 4.02. The van der Waals surface area contributed by atoms with Gasteiger partial charge in [0, 0.05) is 5.92 Å². The molecule has 0 heterocycles. The maximum absolute atomic E-state index is 12.9. The predicted octanol–water partition coefficient (Wildman–Crippen LogP) is 5.17. The molecule has 1 aliphatic carbocycles. The molecule has 3 aromatic rings. The molecule has 0 aliphatic heterocycles. The van der Waals surface area contributed by atoms with Gasteiger partial charge in [0.1, 0.15) is 6.61 Å². The minimum absolute atomic E-state index is 0.0201. The Hall–Kier alpha value is -3.60. The van der Waals surface area contributed by atoms with Crippen molar-refractivity contribution in [2.45, 2.75) is 32.0 Å². The van der Waals surface area contributed by atoms with Gasteiger partial charge >= 0.3 is 6.09 Å². The third kappa shape index (κ3) is 5.55. The van der Waals surface area contributed by atoms with Gasteiger partial charge in [0.25, 0.3) is 0 Å². The molecule has 164 valence electrons. The maximum Gasteiger partial charge on any atom is 0.407 e. The molecule has 0 saturated heterocycles. The molecule has 5 heteroatoms. The summed E-state index contributed by atoms with van der Waals surface area (Å²) in [5.41, 5.74) is 2.97. The topological polar surface area (TPSA) is 67.4 Å². The molecule has 2 amide bonds. The number of alkyl carbamates (subject to hydrolysis) is 1. The van der Waals surface area contributed by atoms with Crippen LogP contribution in [0.2, 0.25) is 0 Å². The van der Waals surface area contributed by atoms with Crippen LogP contribution in [0.4, 0.5) is 4.79 Å². The zero-order chi connectivity index (χ0) is 22.3. The summed E-state index contributed by atoms with van der Waals surface area (Å²) < 4.78 is 5.43. The average Bonchev–Trinajstić information content (AvgIpc) is 3.64. The molecular weight excluding hydrogens is 400 g/mol. The molecule has 2 N–H and O–H groups in total. The second-order valence-electron chi connectivity index (χ2n) is 8.24. The van der Waals surface area contributed by atoms with Gasteiger partial charge in [0.05, 0.1) is 12.1 Å². The van der Waals surface area contributed by atoms with Crippen molar-refractivity contribution in [3.05, 3.63) is 108 Å². The van der Waals surface area contributed by atoms with E-state index < -0.39 is 6.09 Å². The first-order chi connectivity index (χ1) is 15.6. The number of ether oxygens (including phenoxy) is 1. The van der Waals surface area contributed by atoms with Crippen molar-refractivity contribution >= 4 is 12.0 Å². The van der Waals surface area contributed by atoms with Gasteiger partial charge in [-0.3, -0.25) is 4.79 Å². The van der Waals surface area contributed by atoms with Crippen LogP contribution in [-0.4, -0.2) is 12.0 Å². The first kappa shape index (κ1) is 21.6. The Morgan fingerprint density at radius 1 is 0.844 bits per heavy atom. The van der Waals surface area contributed by atoms with Crippen molar-refractivity contribution in [3.8, 4) is 0 Å². The van der Waals surface area contributed by atoms with Crippen LogP contribution in [0.3, 0.4) is 0 Å². The molecule has 0 aromatic heterocycles. The third-order valence-corrected chi connectivity index (χ3v) is 5.91. The number of hydrogen-bond acceptors (Lipinski definition) is 3. The molecule has 5 nitrogen and oxygen atoms in total. The number of amides is 2. The number of rotatable bonds is 8. The quantitative estimate of drug-likeness (QED) is 0.520. The Bertz CT molecular complexity index is 1020. The zero-order valence-electron chi connectivity index (χ0n) is 18.1. The lowest BCUT2D eigenvalue weighted by Gasteiger charge is -2.20. The highest BCUT2D eigenvalue weighted by Crippen LogP contribution is 2.47. The van der Waals surface area contributed by atoms with Crippen molar-refractivity contribution in [1.82, 2.24) is 10.6 Å². The van der Waals surface area contributed by atoms with Crippen LogP contribution in [0.15, 0.2) is 91.0 Å². The van der Waals surface area contributed by atoms with Crippen LogP contribution >= 0.6 is 0 Å². The Labute approximate surface area is 188 Å². The zero-order valence-corrected chi connectivity index (χ0v) is 18.1. The number of carbonyl (C=O) groups is 2. The molecule has 0 unspecified atom stereocenters. The molecule has 0 spiro atoms. The van der Waals surface area contributed by atoms with E-state index in [-0.39, 0.29) is 36.4 Å². The number of hydrogen-bond donors (Lipinski definition) is 2. The molecular formula is C27H28N2O3. The molecule has 0 bridgehead atoms. The van der Waals surface area contributed by atoms with Crippen molar-refractivity contribution < 1.29 is 14.3 Å². The normalized spacial score (nSPS) is 18.8. The van der Waals surface area contributed by atoms with Crippen molar-refractivity contribution in [2.24, 2.45) is 11.8 Å². The van der Waals surface area contributed by atoms with Crippen LogP contribution in [-0.2, 0) is 16.1 Å². The second kappa shape index (κ2) is 10.1. The smallest absolute Gasteiger partial charge is 0.407 e. The largest absolute Gasteiger partial charge is 0.445 e. The molecule has 0 radical (unpaired) electrons. The van der Waals surface area contributed by atoms with E-state index in [1.807, 2.05) is 97.9 Å². The molecule has 1 fully saturated rings. The number of nitrogens with one attached hydrogen (secondary N) is 2. The maximum atomic E-state index is 12.9. The highest BCUT2D eigenvalue weighted by Gasteiger charge is 2.49. The number of benzene rings is 3. The summed E-state index contributed by atoms with van der Waals surface area (Å²) in [6, 6.07) is 28.9. The fraction of sp³-hybridized carbons (Fsp3) is 0.259. The standard InChI is InChI=1S/C27H28N2O3/c1-19(21-13-7-3-8-14-21)28-26(30)24-17-23(24)25(22-15-9-4-10-16-22)29-27(31)32-18-20-11-5-2-6-12-20/h2-16,19,23-25H,17-18H2,1H3,(H,28,30)(H,29,31)/t19-,23-,24+,25-/m0/s1. The van der Waals surface area contributed by atoms with E-state index in [1.54, 1.807) is 0 Å². The highest BCUT2D eigenvalue weighted by atomic mass is 16.5. The lowest BCUT2D eigenvalue weighted by molar-refractivity contribution is -0.123. The first-order valence-corrected chi connectivity index (χ1v) is 11.0. The molecule has 32 heavy (non-hydrogen) atoms. The highest BCUT2D eigenvalue weighted by molar-refractivity contribution is 5.82. The van der Waals surface area contributed by atoms with E-state index in [2.05, 4.69) is 10.6 Å². The third-order valence-electron chi connectivity index (χ3n) is 5.91. The minimum atomic E-state index is -0.480. The van der Waals surface area contributed by atoms with Crippen LogP contribution in [0.5, 0.6) is 0 Å². The summed E-state index contributed by atoms with van der Waals surface area (Å²) in [5.74, 6) is -0.0859. The lowest BCUT2D eigenvalue weighted by atomic mass is 10.0. The summed E-state index contributed by atoms with van der Waals surface area (Å²) >= 11 is 0. The summed E-state index contributed by atoms with van der Waals surface area (Å²) in [6.45, 7) is 2.19. The second-order valence-corrected chi connectivity index (χ2v) is 8.24. The van der Waals surface area contributed by atoms with Gasteiger partial charge < -0.3 is 15.4 Å². The van der Waals surface area contributed by atoms with E-state index in [0.29, 0.717) is 0 Å². The van der Waals surface area contributed by atoms with Crippen LogP contribution in [0.1, 0.15) is 42.1 Å². The summed E-state index contributed by atoms with van der Waals surface area (Å²) in [7, 11) is 0. The van der Waals surface area contributed by atoms with Gasteiger partial charge in [-0.15, -0.1) is 0 Å². The minimum Gasteiger partial charge on any atom is -0.445 e. The van der Waals surface area contributed by atoms with Gasteiger partial charge in [-0.05, 0) is 36.0 Å². The van der Waals surface area contributed by atoms with Gasteiger partial charge in [-0.2, -0.15) is 0 Å². The monoisotopic (exact) mass is 428 g/mol. The first-order valence-electron chi connectivity index (χ1n) is 11.0. The van der Waals surface area contributed by atoms with Gasteiger partial charge in [-0.1, -0.05) is 91.0 Å². The molecule has 3 aromatic carbocycles. The van der Waals surface area contributed by atoms with Gasteiger partial charge in [0.2, 0.25) is 5.91 Å². The van der Waals surface area contributed by atoms with Crippen molar-refractivity contribution in [3.63, 3.8) is 0 Å². The fourth-order valence-corrected chi connectivity index (χ4v) is 4.02. The molecule has 4 rings (SSSR count). The number of carbonyl (C=O) groups excluding carboxylic acids is 2. The Balaban J connectivity index is 1.38. The Morgan fingerprint density at radius 2 is 1.41 bits per heavy atom. The molecule has 1 saturated carbocycles. The van der Waals surface area contributed by atoms with Crippen LogP contribution in [0.25, 0.3) is 0 Å². The van der Waals surface area contributed by atoms with Crippen LogP contribution < -0.4 is 10.6 Å². The summed E-state index contributed by atoms with van der Waals surface area (Å²) in [5, 5.41) is 6.11. The van der Waals surface area contributed by atoms with E-state index in [0.717, 1.165) is 23.1 Å². The summed E-state index contributed by atoms with van der Waals surface area (Å²) in [4.78, 5) is 25.4. The van der Waals surface area contributed by atoms with Crippen LogP contribution in [0, 0.1) is 11.8 Å². The van der Waals surface area contributed by atoms with E-state index in [4.69, 9.17) is 4.74 Å². The van der Waals surface area contributed by atoms with E-state index in [9.17, 15) is 9.59 Å². The van der Waals surface area contributed by atoms with E-state index >= 15 is 0 Å². The SMILES string of the molecule is C[C@H](NC(=O)[C@@H]1C[C@@H]1[C@@H](NC(=O)OCc1ccccc1)c1ccccc1)c1ccccc1. The predicted molar refractivity (Wildman–Crippen MR) is 124 cm³/mol. The average molecular weight is 429 g/mol. The lowest BCUT2D eigenvalue weighted by Crippen LogP contribution is -2.33.